The third-order valence-corrected chi connectivity index (χ3v) is 8.37. The average Bonchev–Trinajstić information content (AvgIpc) is 3.64. The molecule has 2 aliphatic heterocycles. The molecule has 1 saturated carbocycles. The Bertz CT molecular complexity index is 1260. The summed E-state index contributed by atoms with van der Waals surface area (Å²) in [5, 5.41) is 4.84. The lowest BCUT2D eigenvalue weighted by Crippen LogP contribution is -2.44. The Labute approximate surface area is 214 Å². The van der Waals surface area contributed by atoms with Crippen LogP contribution in [0.2, 0.25) is 0 Å². The molecule has 6 rings (SSSR count). The van der Waals surface area contributed by atoms with E-state index in [1.807, 2.05) is 7.11 Å². The average molecular weight is 487 g/mol. The number of rotatable bonds is 5. The quantitative estimate of drug-likeness (QED) is 0.517. The first-order valence-corrected chi connectivity index (χ1v) is 13.5. The number of methoxy groups -OCH3 is 1. The molecule has 2 aromatic heterocycles. The Morgan fingerprint density at radius 1 is 1.00 bits per heavy atom. The van der Waals surface area contributed by atoms with Gasteiger partial charge in [-0.25, -0.2) is 9.97 Å². The summed E-state index contributed by atoms with van der Waals surface area (Å²) in [7, 11) is 3.92. The molecular weight excluding hydrogens is 448 g/mol. The van der Waals surface area contributed by atoms with E-state index < -0.39 is 0 Å². The van der Waals surface area contributed by atoms with Gasteiger partial charge in [0.05, 0.1) is 17.5 Å². The van der Waals surface area contributed by atoms with Crippen molar-refractivity contribution in [1.29, 1.82) is 0 Å². The smallest absolute Gasteiger partial charge is 0.162 e. The molecule has 0 spiro atoms. The summed E-state index contributed by atoms with van der Waals surface area (Å²) in [4.78, 5) is 15.5. The van der Waals surface area contributed by atoms with Crippen molar-refractivity contribution in [3.63, 3.8) is 0 Å². The Balaban J connectivity index is 1.41. The van der Waals surface area contributed by atoms with E-state index in [-0.39, 0.29) is 0 Å². The number of nitrogens with zero attached hydrogens (tertiary/aromatic N) is 6. The summed E-state index contributed by atoms with van der Waals surface area (Å²) >= 11 is 0. The topological polar surface area (TPSA) is 59.3 Å². The highest BCUT2D eigenvalue weighted by Crippen LogP contribution is 2.41. The van der Waals surface area contributed by atoms with E-state index in [1.165, 1.54) is 52.3 Å². The summed E-state index contributed by atoms with van der Waals surface area (Å²) in [5.41, 5.74) is 7.34. The maximum absolute atomic E-state index is 5.76. The van der Waals surface area contributed by atoms with Crippen molar-refractivity contribution in [2.75, 3.05) is 36.5 Å². The molecule has 1 aliphatic carbocycles. The minimum atomic E-state index is 0.309. The van der Waals surface area contributed by atoms with E-state index >= 15 is 0 Å². The van der Waals surface area contributed by atoms with Crippen LogP contribution in [-0.4, -0.2) is 52.6 Å². The van der Waals surface area contributed by atoms with Crippen LogP contribution in [0.1, 0.15) is 60.2 Å². The van der Waals surface area contributed by atoms with Gasteiger partial charge in [-0.2, -0.15) is 5.10 Å². The lowest BCUT2D eigenvalue weighted by atomic mass is 9.95. The standard InChI is InChI=1S/C29H38N6O/c1-18-7-6-8-19(2)27(18)28-30-23-11-13-34(26-15-24(21-9-10-21)32-33(26)4)17-22(23)29(31-28)35-14-12-25(36-5)20(3)16-35/h6-8,15,20-21,25H,9-14,16-17H2,1-5H3/t20-,25-/m0/s1. The van der Waals surface area contributed by atoms with E-state index in [2.05, 4.69) is 66.6 Å². The van der Waals surface area contributed by atoms with Gasteiger partial charge in [-0.1, -0.05) is 25.1 Å². The van der Waals surface area contributed by atoms with Crippen molar-refractivity contribution in [2.24, 2.45) is 13.0 Å². The highest BCUT2D eigenvalue weighted by Gasteiger charge is 2.33. The van der Waals surface area contributed by atoms with Gasteiger partial charge in [-0.05, 0) is 50.2 Å². The van der Waals surface area contributed by atoms with Crippen LogP contribution in [0.25, 0.3) is 11.4 Å². The van der Waals surface area contributed by atoms with Crippen molar-refractivity contribution in [1.82, 2.24) is 19.7 Å². The van der Waals surface area contributed by atoms with Crippen LogP contribution in [0.3, 0.4) is 0 Å². The molecule has 3 aromatic rings. The second-order valence-electron chi connectivity index (χ2n) is 11.0. The van der Waals surface area contributed by atoms with Gasteiger partial charge >= 0.3 is 0 Å². The lowest BCUT2D eigenvalue weighted by Gasteiger charge is -2.39. The summed E-state index contributed by atoms with van der Waals surface area (Å²) < 4.78 is 7.83. The first kappa shape index (κ1) is 23.5. The highest BCUT2D eigenvalue weighted by molar-refractivity contribution is 5.68. The molecule has 0 N–H and O–H groups in total. The van der Waals surface area contributed by atoms with Crippen LogP contribution < -0.4 is 9.80 Å². The molecule has 2 fully saturated rings. The van der Waals surface area contributed by atoms with E-state index in [0.717, 1.165) is 50.7 Å². The molecular formula is C29H38N6O. The van der Waals surface area contributed by atoms with E-state index in [1.54, 1.807) is 0 Å². The molecule has 36 heavy (non-hydrogen) atoms. The number of fused-ring (bicyclic) bond motifs is 1. The minimum Gasteiger partial charge on any atom is -0.381 e. The Kier molecular flexibility index (Phi) is 5.98. The number of hydrogen-bond donors (Lipinski definition) is 0. The second kappa shape index (κ2) is 9.18. The van der Waals surface area contributed by atoms with Crippen LogP contribution in [0.4, 0.5) is 11.6 Å². The van der Waals surface area contributed by atoms with Gasteiger partial charge < -0.3 is 14.5 Å². The first-order chi connectivity index (χ1) is 17.4. The summed E-state index contributed by atoms with van der Waals surface area (Å²) in [6.07, 6.45) is 4.79. The number of anilines is 2. The summed E-state index contributed by atoms with van der Waals surface area (Å²) in [6, 6.07) is 8.75. The molecule has 0 unspecified atom stereocenters. The van der Waals surface area contributed by atoms with Gasteiger partial charge in [-0.15, -0.1) is 0 Å². The number of piperidine rings is 1. The third kappa shape index (κ3) is 4.17. The number of benzene rings is 1. The maximum atomic E-state index is 5.76. The molecule has 1 saturated heterocycles. The van der Waals surface area contributed by atoms with Crippen LogP contribution in [0, 0.1) is 19.8 Å². The van der Waals surface area contributed by atoms with Crippen LogP contribution in [0.5, 0.6) is 0 Å². The molecule has 7 nitrogen and oxygen atoms in total. The molecule has 2 atom stereocenters. The summed E-state index contributed by atoms with van der Waals surface area (Å²) in [6.45, 7) is 10.3. The van der Waals surface area contributed by atoms with Gasteiger partial charge in [0.2, 0.25) is 0 Å². The molecule has 0 bridgehead atoms. The predicted octanol–water partition coefficient (Wildman–Crippen LogP) is 4.80. The number of hydrogen-bond acceptors (Lipinski definition) is 6. The molecule has 7 heteroatoms. The van der Waals surface area contributed by atoms with E-state index in [9.17, 15) is 0 Å². The molecule has 0 radical (unpaired) electrons. The fourth-order valence-electron chi connectivity index (χ4n) is 6.15. The van der Waals surface area contributed by atoms with Crippen molar-refractivity contribution in [3.8, 4) is 11.4 Å². The van der Waals surface area contributed by atoms with Crippen molar-refractivity contribution >= 4 is 11.6 Å². The Morgan fingerprint density at radius 2 is 1.78 bits per heavy atom. The molecule has 3 aliphatic rings. The maximum Gasteiger partial charge on any atom is 0.162 e. The van der Waals surface area contributed by atoms with Crippen LogP contribution in [0.15, 0.2) is 24.3 Å². The largest absolute Gasteiger partial charge is 0.381 e. The van der Waals surface area contributed by atoms with Crippen LogP contribution >= 0.6 is 0 Å². The third-order valence-electron chi connectivity index (χ3n) is 8.37. The van der Waals surface area contributed by atoms with E-state index in [4.69, 9.17) is 19.8 Å². The number of aryl methyl sites for hydroxylation is 3. The normalized spacial score (nSPS) is 22.1. The number of aromatic nitrogens is 4. The predicted molar refractivity (Wildman–Crippen MR) is 144 cm³/mol. The van der Waals surface area contributed by atoms with E-state index in [0.29, 0.717) is 17.9 Å². The van der Waals surface area contributed by atoms with Crippen molar-refractivity contribution in [3.05, 3.63) is 52.3 Å². The fraction of sp³-hybridized carbons (Fsp3) is 0.552. The SMILES string of the molecule is CO[C@H]1CCN(c2nc(-c3c(C)cccc3C)nc3c2CN(c2cc(C4CC4)nn2C)CC3)C[C@@H]1C. The second-order valence-corrected chi connectivity index (χ2v) is 11.0. The monoisotopic (exact) mass is 486 g/mol. The molecule has 4 heterocycles. The summed E-state index contributed by atoms with van der Waals surface area (Å²) in [5.74, 6) is 4.29. The zero-order valence-electron chi connectivity index (χ0n) is 22.3. The van der Waals surface area contributed by atoms with Gasteiger partial charge in [-0.3, -0.25) is 4.68 Å². The first-order valence-electron chi connectivity index (χ1n) is 13.5. The molecule has 1 aromatic carbocycles. The zero-order valence-corrected chi connectivity index (χ0v) is 22.3. The highest BCUT2D eigenvalue weighted by atomic mass is 16.5. The Morgan fingerprint density at radius 3 is 2.47 bits per heavy atom. The minimum absolute atomic E-state index is 0.309. The van der Waals surface area contributed by atoms with Crippen molar-refractivity contribution in [2.45, 2.75) is 65.0 Å². The lowest BCUT2D eigenvalue weighted by molar-refractivity contribution is 0.0443. The molecule has 0 amide bonds. The van der Waals surface area contributed by atoms with Gasteiger partial charge in [0, 0.05) is 69.9 Å². The zero-order chi connectivity index (χ0) is 25.0. The van der Waals surface area contributed by atoms with Gasteiger partial charge in [0.1, 0.15) is 11.6 Å². The molecule has 190 valence electrons. The van der Waals surface area contributed by atoms with Crippen molar-refractivity contribution < 1.29 is 4.74 Å². The van der Waals surface area contributed by atoms with Crippen LogP contribution in [-0.2, 0) is 24.8 Å². The Hall–Kier alpha value is -2.93. The van der Waals surface area contributed by atoms with Gasteiger partial charge in [0.25, 0.3) is 0 Å². The number of ether oxygens (including phenoxy) is 1. The fourth-order valence-corrected chi connectivity index (χ4v) is 6.15. The van der Waals surface area contributed by atoms with Gasteiger partial charge in [0.15, 0.2) is 5.82 Å².